The SMILES string of the molecule is Nc1ccc(NC(=O)CCSc2ccccc2Br)cc1. The van der Waals surface area contributed by atoms with Crippen LogP contribution in [0.5, 0.6) is 0 Å². The van der Waals surface area contributed by atoms with E-state index in [2.05, 4.69) is 21.2 Å². The van der Waals surface area contributed by atoms with Crippen molar-refractivity contribution in [1.82, 2.24) is 0 Å². The fourth-order valence-corrected chi connectivity index (χ4v) is 3.12. The first-order valence-corrected chi connectivity index (χ1v) is 7.96. The van der Waals surface area contributed by atoms with E-state index in [9.17, 15) is 4.79 Å². The van der Waals surface area contributed by atoms with Gasteiger partial charge in [0.2, 0.25) is 5.91 Å². The molecule has 20 heavy (non-hydrogen) atoms. The molecule has 2 aromatic rings. The molecule has 0 aliphatic heterocycles. The standard InChI is InChI=1S/C15H15BrN2OS/c16-13-3-1-2-4-14(13)20-10-9-15(19)18-12-7-5-11(17)6-8-12/h1-8H,9-10,17H2,(H,18,19). The highest BCUT2D eigenvalue weighted by molar-refractivity contribution is 9.10. The Morgan fingerprint density at radius 3 is 2.55 bits per heavy atom. The molecule has 2 rings (SSSR count). The maximum Gasteiger partial charge on any atom is 0.225 e. The number of carbonyl (C=O) groups excluding carboxylic acids is 1. The minimum atomic E-state index is 0.00863. The molecule has 0 aliphatic rings. The minimum Gasteiger partial charge on any atom is -0.399 e. The minimum absolute atomic E-state index is 0.00863. The van der Waals surface area contributed by atoms with Crippen molar-refractivity contribution in [2.75, 3.05) is 16.8 Å². The summed E-state index contributed by atoms with van der Waals surface area (Å²) in [6.07, 6.45) is 0.469. The van der Waals surface area contributed by atoms with E-state index in [4.69, 9.17) is 5.73 Å². The van der Waals surface area contributed by atoms with Crippen LogP contribution in [0.25, 0.3) is 0 Å². The molecular formula is C15H15BrN2OS. The van der Waals surface area contributed by atoms with Crippen LogP contribution in [0.3, 0.4) is 0 Å². The lowest BCUT2D eigenvalue weighted by Gasteiger charge is -2.06. The first-order chi connectivity index (χ1) is 9.65. The summed E-state index contributed by atoms with van der Waals surface area (Å²) in [5.41, 5.74) is 7.06. The molecule has 2 aromatic carbocycles. The second kappa shape index (κ2) is 7.36. The van der Waals surface area contributed by atoms with Gasteiger partial charge in [0.25, 0.3) is 0 Å². The molecule has 3 N–H and O–H groups in total. The molecule has 0 heterocycles. The summed E-state index contributed by atoms with van der Waals surface area (Å²) in [5, 5.41) is 2.85. The maximum absolute atomic E-state index is 11.8. The van der Waals surface area contributed by atoms with Gasteiger partial charge in [0.1, 0.15) is 0 Å². The van der Waals surface area contributed by atoms with Gasteiger partial charge in [0.15, 0.2) is 0 Å². The number of anilines is 2. The van der Waals surface area contributed by atoms with E-state index in [1.54, 1.807) is 36.0 Å². The fourth-order valence-electron chi connectivity index (χ4n) is 1.61. The summed E-state index contributed by atoms with van der Waals surface area (Å²) in [4.78, 5) is 13.0. The highest BCUT2D eigenvalue weighted by Gasteiger charge is 2.04. The van der Waals surface area contributed by atoms with Gasteiger partial charge in [-0.25, -0.2) is 0 Å². The zero-order valence-electron chi connectivity index (χ0n) is 10.8. The van der Waals surface area contributed by atoms with Gasteiger partial charge in [-0.2, -0.15) is 0 Å². The van der Waals surface area contributed by atoms with Crippen molar-refractivity contribution < 1.29 is 4.79 Å². The molecular weight excluding hydrogens is 336 g/mol. The van der Waals surface area contributed by atoms with Crippen LogP contribution in [-0.2, 0) is 4.79 Å². The number of rotatable bonds is 5. The van der Waals surface area contributed by atoms with Crippen LogP contribution in [0.1, 0.15) is 6.42 Å². The molecule has 0 saturated carbocycles. The first-order valence-electron chi connectivity index (χ1n) is 6.18. The third-order valence-electron chi connectivity index (χ3n) is 2.62. The average molecular weight is 351 g/mol. The van der Waals surface area contributed by atoms with E-state index in [0.29, 0.717) is 12.1 Å². The second-order valence-corrected chi connectivity index (χ2v) is 6.19. The number of benzene rings is 2. The fraction of sp³-hybridized carbons (Fsp3) is 0.133. The third kappa shape index (κ3) is 4.58. The summed E-state index contributed by atoms with van der Waals surface area (Å²) >= 11 is 5.15. The van der Waals surface area contributed by atoms with Crippen molar-refractivity contribution in [3.8, 4) is 0 Å². The topological polar surface area (TPSA) is 55.1 Å². The number of nitrogens with two attached hydrogens (primary N) is 1. The van der Waals surface area contributed by atoms with Crippen molar-refractivity contribution in [3.63, 3.8) is 0 Å². The Labute approximate surface area is 131 Å². The molecule has 104 valence electrons. The van der Waals surface area contributed by atoms with Gasteiger partial charge >= 0.3 is 0 Å². The Morgan fingerprint density at radius 2 is 1.85 bits per heavy atom. The Kier molecular flexibility index (Phi) is 5.49. The van der Waals surface area contributed by atoms with Crippen LogP contribution >= 0.6 is 27.7 Å². The summed E-state index contributed by atoms with van der Waals surface area (Å²) in [6, 6.07) is 15.1. The van der Waals surface area contributed by atoms with Crippen molar-refractivity contribution in [3.05, 3.63) is 53.0 Å². The smallest absolute Gasteiger partial charge is 0.225 e. The lowest BCUT2D eigenvalue weighted by Crippen LogP contribution is -2.12. The lowest BCUT2D eigenvalue weighted by molar-refractivity contribution is -0.115. The number of hydrogen-bond acceptors (Lipinski definition) is 3. The van der Waals surface area contributed by atoms with Crippen molar-refractivity contribution in [2.45, 2.75) is 11.3 Å². The summed E-state index contributed by atoms with van der Waals surface area (Å²) in [5.74, 6) is 0.748. The van der Waals surface area contributed by atoms with Gasteiger partial charge in [-0.1, -0.05) is 12.1 Å². The Morgan fingerprint density at radius 1 is 1.15 bits per heavy atom. The second-order valence-electron chi connectivity index (χ2n) is 4.20. The number of hydrogen-bond donors (Lipinski definition) is 2. The van der Waals surface area contributed by atoms with E-state index >= 15 is 0 Å². The Hall–Kier alpha value is -1.46. The molecule has 0 spiro atoms. The van der Waals surface area contributed by atoms with Crippen molar-refractivity contribution >= 4 is 45.0 Å². The number of thioether (sulfide) groups is 1. The predicted molar refractivity (Wildman–Crippen MR) is 89.0 cm³/mol. The number of carbonyl (C=O) groups is 1. The predicted octanol–water partition coefficient (Wildman–Crippen LogP) is 4.15. The molecule has 1 amide bonds. The van der Waals surface area contributed by atoms with Gasteiger partial charge in [-0.3, -0.25) is 4.79 Å². The van der Waals surface area contributed by atoms with Gasteiger partial charge in [-0.05, 0) is 52.3 Å². The zero-order valence-corrected chi connectivity index (χ0v) is 13.2. The van der Waals surface area contributed by atoms with Gasteiger partial charge in [-0.15, -0.1) is 11.8 Å². The molecule has 0 radical (unpaired) electrons. The van der Waals surface area contributed by atoms with Gasteiger partial charge in [0, 0.05) is 32.9 Å². The molecule has 0 aromatic heterocycles. The highest BCUT2D eigenvalue weighted by Crippen LogP contribution is 2.27. The zero-order chi connectivity index (χ0) is 14.4. The molecule has 0 saturated heterocycles. The largest absolute Gasteiger partial charge is 0.399 e. The third-order valence-corrected chi connectivity index (χ3v) is 4.65. The summed E-state index contributed by atoms with van der Waals surface area (Å²) in [6.45, 7) is 0. The summed E-state index contributed by atoms with van der Waals surface area (Å²) < 4.78 is 1.06. The highest BCUT2D eigenvalue weighted by atomic mass is 79.9. The Bertz CT molecular complexity index is 587. The molecule has 0 aliphatic carbocycles. The maximum atomic E-state index is 11.8. The number of nitrogens with one attached hydrogen (secondary N) is 1. The van der Waals surface area contributed by atoms with E-state index in [-0.39, 0.29) is 5.91 Å². The number of halogens is 1. The van der Waals surface area contributed by atoms with E-state index in [1.807, 2.05) is 24.3 Å². The van der Waals surface area contributed by atoms with E-state index in [1.165, 1.54) is 0 Å². The Balaban J connectivity index is 1.78. The number of nitrogen functional groups attached to an aromatic ring is 1. The normalized spacial score (nSPS) is 10.2. The first kappa shape index (κ1) is 14.9. The van der Waals surface area contributed by atoms with Crippen LogP contribution in [0.15, 0.2) is 57.9 Å². The molecule has 0 unspecified atom stereocenters. The summed E-state index contributed by atoms with van der Waals surface area (Å²) in [7, 11) is 0. The van der Waals surface area contributed by atoms with Crippen LogP contribution in [0, 0.1) is 0 Å². The van der Waals surface area contributed by atoms with Crippen LogP contribution in [0.2, 0.25) is 0 Å². The average Bonchev–Trinajstić information content (AvgIpc) is 2.43. The van der Waals surface area contributed by atoms with Crippen molar-refractivity contribution in [2.24, 2.45) is 0 Å². The quantitative estimate of drug-likeness (QED) is 0.628. The van der Waals surface area contributed by atoms with Gasteiger partial charge in [0.05, 0.1) is 0 Å². The molecule has 5 heteroatoms. The van der Waals surface area contributed by atoms with Crippen LogP contribution < -0.4 is 11.1 Å². The van der Waals surface area contributed by atoms with Crippen LogP contribution in [-0.4, -0.2) is 11.7 Å². The monoisotopic (exact) mass is 350 g/mol. The molecule has 3 nitrogen and oxygen atoms in total. The number of amides is 1. The van der Waals surface area contributed by atoms with Crippen molar-refractivity contribution in [1.29, 1.82) is 0 Å². The van der Waals surface area contributed by atoms with Gasteiger partial charge < -0.3 is 11.1 Å². The molecule has 0 bridgehead atoms. The van der Waals surface area contributed by atoms with Crippen LogP contribution in [0.4, 0.5) is 11.4 Å². The molecule has 0 fully saturated rings. The lowest BCUT2D eigenvalue weighted by atomic mass is 10.3. The van der Waals surface area contributed by atoms with E-state index < -0.39 is 0 Å². The van der Waals surface area contributed by atoms with E-state index in [0.717, 1.165) is 20.8 Å². The molecule has 0 atom stereocenters.